The largest absolute Gasteiger partial charge is 0.492 e. The smallest absolute Gasteiger partial charge is 0.339 e. The Hall–Kier alpha value is -2.53. The molecular formula is C17H18ClN3O2. The van der Waals surface area contributed by atoms with Gasteiger partial charge in [-0.3, -0.25) is 0 Å². The number of carbonyl (C=O) groups excluding carboxylic acids is 1. The van der Waals surface area contributed by atoms with Crippen molar-refractivity contribution >= 4 is 29.5 Å². The van der Waals surface area contributed by atoms with Crippen LogP contribution in [-0.2, 0) is 0 Å². The van der Waals surface area contributed by atoms with Gasteiger partial charge in [0.2, 0.25) is 0 Å². The van der Waals surface area contributed by atoms with E-state index in [0.29, 0.717) is 23.1 Å². The Morgan fingerprint density at radius 3 is 2.74 bits per heavy atom. The maximum Gasteiger partial charge on any atom is 0.339 e. The van der Waals surface area contributed by atoms with Gasteiger partial charge in [0, 0.05) is 5.69 Å². The molecule has 0 aliphatic carbocycles. The van der Waals surface area contributed by atoms with Crippen molar-refractivity contribution in [2.75, 3.05) is 11.9 Å². The second kappa shape index (κ2) is 8.80. The van der Waals surface area contributed by atoms with Crippen LogP contribution in [0.5, 0.6) is 5.75 Å². The van der Waals surface area contributed by atoms with Crippen LogP contribution in [0.3, 0.4) is 0 Å². The van der Waals surface area contributed by atoms with E-state index in [1.54, 1.807) is 24.3 Å². The number of hydrogen-bond acceptors (Lipinski definition) is 3. The second-order valence-electron chi connectivity index (χ2n) is 4.73. The van der Waals surface area contributed by atoms with Crippen molar-refractivity contribution < 1.29 is 9.53 Å². The van der Waals surface area contributed by atoms with Gasteiger partial charge in [-0.2, -0.15) is 5.10 Å². The molecule has 6 heteroatoms. The zero-order chi connectivity index (χ0) is 16.5. The molecule has 0 aliphatic rings. The minimum Gasteiger partial charge on any atom is -0.492 e. The number of halogens is 1. The summed E-state index contributed by atoms with van der Waals surface area (Å²) in [6.45, 7) is 2.65. The zero-order valence-electron chi connectivity index (χ0n) is 12.8. The Morgan fingerprint density at radius 2 is 2.04 bits per heavy atom. The molecule has 0 unspecified atom stereocenters. The van der Waals surface area contributed by atoms with E-state index >= 15 is 0 Å². The van der Waals surface area contributed by atoms with E-state index in [2.05, 4.69) is 15.8 Å². The van der Waals surface area contributed by atoms with Gasteiger partial charge in [0.05, 0.1) is 17.8 Å². The number of nitrogens with one attached hydrogen (secondary N) is 2. The van der Waals surface area contributed by atoms with Crippen LogP contribution in [0.2, 0.25) is 5.02 Å². The first-order chi connectivity index (χ1) is 11.2. The summed E-state index contributed by atoms with van der Waals surface area (Å²) in [6.07, 6.45) is 2.43. The van der Waals surface area contributed by atoms with E-state index in [9.17, 15) is 4.79 Å². The van der Waals surface area contributed by atoms with Crippen LogP contribution in [-0.4, -0.2) is 18.9 Å². The number of hydrogen-bond donors (Lipinski definition) is 2. The van der Waals surface area contributed by atoms with Crippen molar-refractivity contribution in [1.82, 2.24) is 5.43 Å². The lowest BCUT2D eigenvalue weighted by Gasteiger charge is -2.07. The Bertz CT molecular complexity index is 675. The molecule has 0 fully saturated rings. The number of amides is 2. The number of nitrogens with zero attached hydrogens (tertiary/aromatic N) is 1. The van der Waals surface area contributed by atoms with Crippen molar-refractivity contribution in [2.45, 2.75) is 13.3 Å². The van der Waals surface area contributed by atoms with Gasteiger partial charge in [-0.05, 0) is 42.3 Å². The maximum atomic E-state index is 11.7. The fourth-order valence-electron chi connectivity index (χ4n) is 1.77. The minimum absolute atomic E-state index is 0.415. The predicted molar refractivity (Wildman–Crippen MR) is 93.4 cm³/mol. The van der Waals surface area contributed by atoms with Gasteiger partial charge in [-0.25, -0.2) is 10.2 Å². The van der Waals surface area contributed by atoms with Gasteiger partial charge in [0.25, 0.3) is 0 Å². The number of benzene rings is 2. The van der Waals surface area contributed by atoms with Crippen molar-refractivity contribution in [3.63, 3.8) is 0 Å². The highest BCUT2D eigenvalue weighted by atomic mass is 35.5. The summed E-state index contributed by atoms with van der Waals surface area (Å²) >= 11 is 6.13. The summed E-state index contributed by atoms with van der Waals surface area (Å²) in [4.78, 5) is 11.7. The Kier molecular flexibility index (Phi) is 6.44. The summed E-state index contributed by atoms with van der Waals surface area (Å²) in [6, 6.07) is 14.0. The van der Waals surface area contributed by atoms with E-state index in [-0.39, 0.29) is 0 Å². The van der Waals surface area contributed by atoms with Crippen molar-refractivity contribution in [3.05, 3.63) is 59.1 Å². The van der Waals surface area contributed by atoms with Crippen LogP contribution in [0.1, 0.15) is 18.9 Å². The molecule has 0 heterocycles. The van der Waals surface area contributed by atoms with E-state index < -0.39 is 6.03 Å². The molecule has 0 saturated heterocycles. The van der Waals surface area contributed by atoms with Gasteiger partial charge in [-0.1, -0.05) is 36.7 Å². The van der Waals surface area contributed by atoms with Gasteiger partial charge in [0.1, 0.15) is 5.75 Å². The van der Waals surface area contributed by atoms with Crippen LogP contribution in [0.25, 0.3) is 0 Å². The Labute approximate surface area is 140 Å². The zero-order valence-corrected chi connectivity index (χ0v) is 13.5. The van der Waals surface area contributed by atoms with Crippen molar-refractivity contribution in [2.24, 2.45) is 5.10 Å². The fourth-order valence-corrected chi connectivity index (χ4v) is 2.02. The number of para-hydroxylation sites is 1. The minimum atomic E-state index is -0.415. The van der Waals surface area contributed by atoms with E-state index in [4.69, 9.17) is 16.3 Å². The lowest BCUT2D eigenvalue weighted by Crippen LogP contribution is -2.24. The molecule has 2 aromatic rings. The molecule has 23 heavy (non-hydrogen) atoms. The highest BCUT2D eigenvalue weighted by Gasteiger charge is 2.02. The summed E-state index contributed by atoms with van der Waals surface area (Å²) < 4.78 is 5.49. The van der Waals surface area contributed by atoms with Gasteiger partial charge >= 0.3 is 6.03 Å². The molecule has 0 saturated carbocycles. The standard InChI is InChI=1S/C17H18ClN3O2/c1-2-10-23-16-9-8-13(11-15(16)18)12-19-21-17(22)20-14-6-4-3-5-7-14/h3-9,11-12H,2,10H2,1H3,(H2,20,21,22)/b19-12+. The van der Waals surface area contributed by atoms with Crippen molar-refractivity contribution in [3.8, 4) is 5.75 Å². The SMILES string of the molecule is CCCOc1ccc(/C=N/NC(=O)Nc2ccccc2)cc1Cl. The molecule has 0 aromatic heterocycles. The average molecular weight is 332 g/mol. The number of rotatable bonds is 6. The predicted octanol–water partition coefficient (Wildman–Crippen LogP) is 4.28. The van der Waals surface area contributed by atoms with Gasteiger partial charge in [0.15, 0.2) is 0 Å². The number of carbonyl (C=O) groups is 1. The van der Waals surface area contributed by atoms with Crippen LogP contribution >= 0.6 is 11.6 Å². The number of hydrazone groups is 1. The highest BCUT2D eigenvalue weighted by molar-refractivity contribution is 6.32. The molecule has 0 spiro atoms. The van der Waals surface area contributed by atoms with Crippen LogP contribution in [0, 0.1) is 0 Å². The molecule has 0 atom stereocenters. The number of anilines is 1. The monoisotopic (exact) mass is 331 g/mol. The molecular weight excluding hydrogens is 314 g/mol. The highest BCUT2D eigenvalue weighted by Crippen LogP contribution is 2.24. The fraction of sp³-hybridized carbons (Fsp3) is 0.176. The quantitative estimate of drug-likeness (QED) is 0.613. The molecule has 2 rings (SSSR count). The molecule has 2 amide bonds. The maximum absolute atomic E-state index is 11.7. The van der Waals surface area contributed by atoms with Crippen LogP contribution < -0.4 is 15.5 Å². The molecule has 2 aromatic carbocycles. The van der Waals surface area contributed by atoms with E-state index in [1.165, 1.54) is 6.21 Å². The van der Waals surface area contributed by atoms with Gasteiger partial charge in [-0.15, -0.1) is 0 Å². The molecule has 120 valence electrons. The summed E-state index contributed by atoms with van der Waals surface area (Å²) in [5.41, 5.74) is 3.85. The molecule has 5 nitrogen and oxygen atoms in total. The lowest BCUT2D eigenvalue weighted by atomic mass is 10.2. The number of urea groups is 1. The summed E-state index contributed by atoms with van der Waals surface area (Å²) in [5, 5.41) is 7.06. The van der Waals surface area contributed by atoms with Gasteiger partial charge < -0.3 is 10.1 Å². The Balaban J connectivity index is 1.87. The van der Waals surface area contributed by atoms with Crippen molar-refractivity contribution in [1.29, 1.82) is 0 Å². The van der Waals surface area contributed by atoms with E-state index in [1.807, 2.05) is 31.2 Å². The second-order valence-corrected chi connectivity index (χ2v) is 5.14. The van der Waals surface area contributed by atoms with E-state index in [0.717, 1.165) is 12.0 Å². The first-order valence-corrected chi connectivity index (χ1v) is 7.64. The lowest BCUT2D eigenvalue weighted by molar-refractivity contribution is 0.252. The molecule has 0 aliphatic heterocycles. The summed E-state index contributed by atoms with van der Waals surface area (Å²) in [5.74, 6) is 0.639. The third kappa shape index (κ3) is 5.64. The van der Waals surface area contributed by atoms with Crippen LogP contribution in [0.4, 0.5) is 10.5 Å². The third-order valence-electron chi connectivity index (χ3n) is 2.83. The summed E-state index contributed by atoms with van der Waals surface area (Å²) in [7, 11) is 0. The average Bonchev–Trinajstić information content (AvgIpc) is 2.55. The topological polar surface area (TPSA) is 62.7 Å². The first kappa shape index (κ1) is 16.8. The number of ether oxygens (including phenoxy) is 1. The first-order valence-electron chi connectivity index (χ1n) is 7.26. The molecule has 0 bridgehead atoms. The Morgan fingerprint density at radius 1 is 1.26 bits per heavy atom. The third-order valence-corrected chi connectivity index (χ3v) is 3.12. The molecule has 0 radical (unpaired) electrons. The normalized spacial score (nSPS) is 10.5. The van der Waals surface area contributed by atoms with Crippen LogP contribution in [0.15, 0.2) is 53.6 Å². The molecule has 2 N–H and O–H groups in total.